The number of rotatable bonds is 3. The van der Waals surface area contributed by atoms with E-state index in [4.69, 9.17) is 10.5 Å². The van der Waals surface area contributed by atoms with Crippen molar-refractivity contribution in [1.82, 2.24) is 4.90 Å². The van der Waals surface area contributed by atoms with Crippen LogP contribution in [0.4, 0.5) is 4.39 Å². The van der Waals surface area contributed by atoms with Gasteiger partial charge in [0.1, 0.15) is 17.7 Å². The van der Waals surface area contributed by atoms with E-state index in [-0.39, 0.29) is 29.8 Å². The largest absolute Gasteiger partial charge is 0.490 e. The number of benzene rings is 1. The normalized spacial score (nSPS) is 33.0. The van der Waals surface area contributed by atoms with Gasteiger partial charge in [-0.05, 0) is 55.4 Å². The van der Waals surface area contributed by atoms with Gasteiger partial charge in [-0.3, -0.25) is 4.79 Å². The van der Waals surface area contributed by atoms with Crippen LogP contribution < -0.4 is 10.5 Å². The van der Waals surface area contributed by atoms with Crippen molar-refractivity contribution in [2.75, 3.05) is 13.1 Å². The van der Waals surface area contributed by atoms with Crippen LogP contribution in [0.2, 0.25) is 0 Å². The van der Waals surface area contributed by atoms with Crippen LogP contribution in [0.5, 0.6) is 5.75 Å². The highest BCUT2D eigenvalue weighted by Crippen LogP contribution is 2.48. The summed E-state index contributed by atoms with van der Waals surface area (Å²) in [5.74, 6) is 1.79. The van der Waals surface area contributed by atoms with Gasteiger partial charge >= 0.3 is 0 Å². The molecule has 4 rings (SSSR count). The van der Waals surface area contributed by atoms with Gasteiger partial charge in [-0.2, -0.15) is 0 Å². The lowest BCUT2D eigenvalue weighted by Gasteiger charge is -2.37. The maximum absolute atomic E-state index is 12.9. The fourth-order valence-electron chi connectivity index (χ4n) is 4.81. The van der Waals surface area contributed by atoms with Gasteiger partial charge in [0.05, 0.1) is 5.92 Å². The van der Waals surface area contributed by atoms with Crippen molar-refractivity contribution in [3.8, 4) is 5.75 Å². The van der Waals surface area contributed by atoms with Crippen LogP contribution in [0.3, 0.4) is 0 Å². The molecule has 130 valence electrons. The quantitative estimate of drug-likeness (QED) is 0.925. The van der Waals surface area contributed by atoms with Crippen LogP contribution in [0, 0.1) is 23.6 Å². The Morgan fingerprint density at radius 1 is 1.08 bits per heavy atom. The van der Waals surface area contributed by atoms with Crippen molar-refractivity contribution in [2.45, 2.75) is 44.2 Å². The summed E-state index contributed by atoms with van der Waals surface area (Å²) in [5, 5.41) is 0. The number of hydrogen-bond acceptors (Lipinski definition) is 3. The minimum absolute atomic E-state index is 0.0401. The van der Waals surface area contributed by atoms with Crippen LogP contribution in [0.25, 0.3) is 0 Å². The third-order valence-corrected chi connectivity index (χ3v) is 6.14. The van der Waals surface area contributed by atoms with Crippen molar-refractivity contribution in [2.24, 2.45) is 23.5 Å². The molecule has 2 N–H and O–H groups in total. The molecule has 24 heavy (non-hydrogen) atoms. The first kappa shape index (κ1) is 15.9. The third kappa shape index (κ3) is 2.90. The molecule has 0 radical (unpaired) electrons. The second-order valence-corrected chi connectivity index (χ2v) is 7.53. The average Bonchev–Trinajstić information content (AvgIpc) is 3.18. The van der Waals surface area contributed by atoms with E-state index >= 15 is 0 Å². The minimum atomic E-state index is -0.259. The summed E-state index contributed by atoms with van der Waals surface area (Å²) in [6, 6.07) is 6.18. The van der Waals surface area contributed by atoms with E-state index < -0.39 is 0 Å². The van der Waals surface area contributed by atoms with Crippen molar-refractivity contribution >= 4 is 5.91 Å². The van der Waals surface area contributed by atoms with Crippen LogP contribution in [0.1, 0.15) is 32.1 Å². The van der Waals surface area contributed by atoms with Gasteiger partial charge in [-0.1, -0.05) is 0 Å². The molecule has 2 saturated carbocycles. The molecule has 1 amide bonds. The summed E-state index contributed by atoms with van der Waals surface area (Å²) in [6.07, 6.45) is 5.23. The zero-order chi connectivity index (χ0) is 16.7. The van der Waals surface area contributed by atoms with Gasteiger partial charge in [0.25, 0.3) is 0 Å². The molecule has 2 aliphatic carbocycles. The highest BCUT2D eigenvalue weighted by atomic mass is 19.1. The Morgan fingerprint density at radius 2 is 1.75 bits per heavy atom. The summed E-state index contributed by atoms with van der Waals surface area (Å²) >= 11 is 0. The number of likely N-dealkylation sites (tertiary alicyclic amines) is 1. The van der Waals surface area contributed by atoms with Gasteiger partial charge in [0, 0.05) is 32.0 Å². The van der Waals surface area contributed by atoms with Crippen LogP contribution in [-0.2, 0) is 4.79 Å². The molecule has 0 aromatic heterocycles. The molecule has 3 fully saturated rings. The van der Waals surface area contributed by atoms with E-state index in [1.165, 1.54) is 25.0 Å². The summed E-state index contributed by atoms with van der Waals surface area (Å²) in [4.78, 5) is 14.8. The van der Waals surface area contributed by atoms with E-state index in [9.17, 15) is 9.18 Å². The predicted octanol–water partition coefficient (Wildman–Crippen LogP) is 2.57. The maximum Gasteiger partial charge on any atom is 0.227 e. The number of ether oxygens (including phenoxy) is 1. The Kier molecular flexibility index (Phi) is 4.21. The summed E-state index contributed by atoms with van der Waals surface area (Å²) < 4.78 is 18.8. The molecular formula is C19H25FN2O2. The third-order valence-electron chi connectivity index (χ3n) is 6.14. The van der Waals surface area contributed by atoms with E-state index in [1.807, 2.05) is 4.90 Å². The maximum atomic E-state index is 12.9. The molecule has 2 bridgehead atoms. The number of piperidine rings is 1. The van der Waals surface area contributed by atoms with Gasteiger partial charge in [0.2, 0.25) is 5.91 Å². The van der Waals surface area contributed by atoms with Crippen molar-refractivity contribution in [3.05, 3.63) is 30.1 Å². The molecule has 0 unspecified atom stereocenters. The van der Waals surface area contributed by atoms with Gasteiger partial charge in [-0.25, -0.2) is 4.39 Å². The number of halogens is 1. The lowest BCUT2D eigenvalue weighted by atomic mass is 9.83. The topological polar surface area (TPSA) is 55.6 Å². The minimum Gasteiger partial charge on any atom is -0.490 e. The smallest absolute Gasteiger partial charge is 0.227 e. The first-order valence-corrected chi connectivity index (χ1v) is 9.08. The zero-order valence-corrected chi connectivity index (χ0v) is 13.9. The molecule has 1 saturated heterocycles. The first-order chi connectivity index (χ1) is 11.6. The van der Waals surface area contributed by atoms with Crippen LogP contribution in [-0.4, -0.2) is 36.0 Å². The molecule has 1 aliphatic heterocycles. The molecule has 1 aromatic rings. The second kappa shape index (κ2) is 6.36. The summed E-state index contributed by atoms with van der Waals surface area (Å²) in [5.41, 5.74) is 6.31. The number of carbonyl (C=O) groups is 1. The van der Waals surface area contributed by atoms with E-state index in [0.717, 1.165) is 32.4 Å². The number of fused-ring (bicyclic) bond motifs is 2. The summed E-state index contributed by atoms with van der Waals surface area (Å²) in [7, 11) is 0. The molecule has 4 nitrogen and oxygen atoms in total. The Balaban J connectivity index is 1.31. The van der Waals surface area contributed by atoms with E-state index in [0.29, 0.717) is 17.6 Å². The van der Waals surface area contributed by atoms with Gasteiger partial charge < -0.3 is 15.4 Å². The van der Waals surface area contributed by atoms with Crippen molar-refractivity contribution in [1.29, 1.82) is 0 Å². The SMILES string of the molecule is N[C@H]1[C@H]2CC[C@@H](C2)[C@H]1C(=O)N1CCC(Oc2ccc(F)cc2)CC1. The van der Waals surface area contributed by atoms with Gasteiger partial charge in [0.15, 0.2) is 0 Å². The number of carbonyl (C=O) groups excluding carboxylic acids is 1. The summed E-state index contributed by atoms with van der Waals surface area (Å²) in [6.45, 7) is 1.45. The molecule has 1 heterocycles. The number of hydrogen-bond donors (Lipinski definition) is 1. The number of nitrogens with zero attached hydrogens (tertiary/aromatic N) is 1. The highest BCUT2D eigenvalue weighted by molar-refractivity contribution is 5.80. The second-order valence-electron chi connectivity index (χ2n) is 7.53. The molecule has 3 aliphatic rings. The van der Waals surface area contributed by atoms with Gasteiger partial charge in [-0.15, -0.1) is 0 Å². The van der Waals surface area contributed by atoms with Crippen molar-refractivity contribution < 1.29 is 13.9 Å². The average molecular weight is 332 g/mol. The van der Waals surface area contributed by atoms with Crippen LogP contribution >= 0.6 is 0 Å². The molecular weight excluding hydrogens is 307 g/mol. The number of amides is 1. The standard InChI is InChI=1S/C19H25FN2O2/c20-14-3-5-15(6-4-14)24-16-7-9-22(10-8-16)19(23)17-12-1-2-13(11-12)18(17)21/h3-6,12-13,16-18H,1-2,7-11,21H2/t12-,13-,17+,18-/m0/s1. The Labute approximate surface area is 142 Å². The van der Waals surface area contributed by atoms with Crippen LogP contribution in [0.15, 0.2) is 24.3 Å². The zero-order valence-electron chi connectivity index (χ0n) is 13.9. The molecule has 4 atom stereocenters. The fraction of sp³-hybridized carbons (Fsp3) is 0.632. The molecule has 0 spiro atoms. The highest BCUT2D eigenvalue weighted by Gasteiger charge is 2.50. The predicted molar refractivity (Wildman–Crippen MR) is 88.9 cm³/mol. The molecule has 5 heteroatoms. The monoisotopic (exact) mass is 332 g/mol. The van der Waals surface area contributed by atoms with E-state index in [1.54, 1.807) is 12.1 Å². The Hall–Kier alpha value is -1.62. The van der Waals surface area contributed by atoms with Crippen molar-refractivity contribution in [3.63, 3.8) is 0 Å². The Bertz CT molecular complexity index is 596. The lowest BCUT2D eigenvalue weighted by molar-refractivity contribution is -0.139. The number of nitrogens with two attached hydrogens (primary N) is 1. The molecule has 1 aromatic carbocycles. The lowest BCUT2D eigenvalue weighted by Crippen LogP contribution is -2.50. The fourth-order valence-corrected chi connectivity index (χ4v) is 4.81. The Morgan fingerprint density at radius 3 is 2.38 bits per heavy atom. The first-order valence-electron chi connectivity index (χ1n) is 9.08. The van der Waals surface area contributed by atoms with E-state index in [2.05, 4.69) is 0 Å².